The first-order chi connectivity index (χ1) is 10.8. The van der Waals surface area contributed by atoms with E-state index in [1.54, 1.807) is 13.2 Å². The second kappa shape index (κ2) is 6.51. The number of rotatable bonds is 6. The largest absolute Gasteiger partial charge is 0.493 e. The number of aryl methyl sites for hydroxylation is 1. The molecule has 0 amide bonds. The monoisotopic (exact) mass is 300 g/mol. The van der Waals surface area contributed by atoms with Gasteiger partial charge in [-0.15, -0.1) is 0 Å². The van der Waals surface area contributed by atoms with Crippen LogP contribution in [0.2, 0.25) is 0 Å². The van der Waals surface area contributed by atoms with Gasteiger partial charge in [0, 0.05) is 13.5 Å². The van der Waals surface area contributed by atoms with Crippen LogP contribution >= 0.6 is 0 Å². The Morgan fingerprint density at radius 1 is 1.41 bits per heavy atom. The molecular formula is C16H20N4O2. The van der Waals surface area contributed by atoms with E-state index in [4.69, 9.17) is 15.2 Å². The normalized spacial score (nSPS) is 12.6. The molecule has 1 aliphatic rings. The minimum Gasteiger partial charge on any atom is -0.493 e. The fourth-order valence-corrected chi connectivity index (χ4v) is 2.44. The lowest BCUT2D eigenvalue weighted by Crippen LogP contribution is -2.06. The van der Waals surface area contributed by atoms with Crippen LogP contribution in [0.4, 0.5) is 11.8 Å². The SMILES string of the molecule is CNc1ncc(OCCCc2ccc3c(c2)OCC3)c(N)n1. The Kier molecular flexibility index (Phi) is 4.27. The molecule has 2 aromatic rings. The summed E-state index contributed by atoms with van der Waals surface area (Å²) in [6.07, 6.45) is 4.44. The summed E-state index contributed by atoms with van der Waals surface area (Å²) in [4.78, 5) is 8.17. The molecule has 3 N–H and O–H groups in total. The van der Waals surface area contributed by atoms with Crippen molar-refractivity contribution >= 4 is 11.8 Å². The van der Waals surface area contributed by atoms with Gasteiger partial charge in [-0.1, -0.05) is 12.1 Å². The van der Waals surface area contributed by atoms with Crippen LogP contribution in [0.15, 0.2) is 24.4 Å². The fraction of sp³-hybridized carbons (Fsp3) is 0.375. The Morgan fingerprint density at radius 2 is 2.32 bits per heavy atom. The van der Waals surface area contributed by atoms with Crippen molar-refractivity contribution in [3.8, 4) is 11.5 Å². The van der Waals surface area contributed by atoms with Crippen molar-refractivity contribution in [2.24, 2.45) is 0 Å². The Hall–Kier alpha value is -2.50. The number of ether oxygens (including phenoxy) is 2. The summed E-state index contributed by atoms with van der Waals surface area (Å²) in [5, 5.41) is 2.83. The maximum absolute atomic E-state index is 5.82. The Labute approximate surface area is 129 Å². The zero-order chi connectivity index (χ0) is 15.4. The number of anilines is 2. The summed E-state index contributed by atoms with van der Waals surface area (Å²) in [5.41, 5.74) is 8.38. The third-order valence-electron chi connectivity index (χ3n) is 3.63. The quantitative estimate of drug-likeness (QED) is 0.795. The zero-order valence-electron chi connectivity index (χ0n) is 12.6. The van der Waals surface area contributed by atoms with E-state index in [2.05, 4.69) is 33.5 Å². The number of aromatic nitrogens is 2. The first-order valence-corrected chi connectivity index (χ1v) is 7.44. The lowest BCUT2D eigenvalue weighted by Gasteiger charge is -2.09. The first-order valence-electron chi connectivity index (χ1n) is 7.44. The lowest BCUT2D eigenvalue weighted by atomic mass is 10.1. The summed E-state index contributed by atoms with van der Waals surface area (Å²) >= 11 is 0. The number of hydrogen-bond donors (Lipinski definition) is 2. The van der Waals surface area contributed by atoms with Gasteiger partial charge in [-0.25, -0.2) is 4.98 Å². The number of nitrogen functional groups attached to an aromatic ring is 1. The minimum absolute atomic E-state index is 0.352. The maximum atomic E-state index is 5.82. The van der Waals surface area contributed by atoms with E-state index in [0.717, 1.165) is 31.6 Å². The summed E-state index contributed by atoms with van der Waals surface area (Å²) < 4.78 is 11.2. The number of nitrogens with one attached hydrogen (secondary N) is 1. The van der Waals surface area contributed by atoms with Crippen molar-refractivity contribution in [1.82, 2.24) is 9.97 Å². The molecule has 0 unspecified atom stereocenters. The molecule has 1 aromatic carbocycles. The molecule has 6 heteroatoms. The van der Waals surface area contributed by atoms with Crippen LogP contribution in [-0.4, -0.2) is 30.2 Å². The molecular weight excluding hydrogens is 280 g/mol. The third kappa shape index (κ3) is 3.21. The van der Waals surface area contributed by atoms with Crippen LogP contribution in [0, 0.1) is 0 Å². The lowest BCUT2D eigenvalue weighted by molar-refractivity contribution is 0.310. The molecule has 0 saturated carbocycles. The van der Waals surface area contributed by atoms with Gasteiger partial charge in [0.05, 0.1) is 19.4 Å². The van der Waals surface area contributed by atoms with E-state index < -0.39 is 0 Å². The van der Waals surface area contributed by atoms with Gasteiger partial charge >= 0.3 is 0 Å². The smallest absolute Gasteiger partial charge is 0.224 e. The van der Waals surface area contributed by atoms with Crippen molar-refractivity contribution in [3.05, 3.63) is 35.5 Å². The van der Waals surface area contributed by atoms with Crippen molar-refractivity contribution in [3.63, 3.8) is 0 Å². The number of nitrogens with two attached hydrogens (primary N) is 1. The van der Waals surface area contributed by atoms with Gasteiger partial charge in [-0.05, 0) is 30.0 Å². The van der Waals surface area contributed by atoms with E-state index in [9.17, 15) is 0 Å². The van der Waals surface area contributed by atoms with Crippen LogP contribution < -0.4 is 20.5 Å². The molecule has 0 radical (unpaired) electrons. The zero-order valence-corrected chi connectivity index (χ0v) is 12.6. The average Bonchev–Trinajstić information content (AvgIpc) is 3.00. The second-order valence-corrected chi connectivity index (χ2v) is 5.19. The summed E-state index contributed by atoms with van der Waals surface area (Å²) in [5.74, 6) is 2.39. The molecule has 6 nitrogen and oxygen atoms in total. The molecule has 0 spiro atoms. The number of nitrogens with zero attached hydrogens (tertiary/aromatic N) is 2. The van der Waals surface area contributed by atoms with Gasteiger partial charge in [-0.2, -0.15) is 4.98 Å². The molecule has 0 fully saturated rings. The van der Waals surface area contributed by atoms with E-state index in [1.165, 1.54) is 11.1 Å². The van der Waals surface area contributed by atoms with Crippen LogP contribution in [0.1, 0.15) is 17.5 Å². The van der Waals surface area contributed by atoms with Crippen molar-refractivity contribution in [2.45, 2.75) is 19.3 Å². The van der Waals surface area contributed by atoms with Crippen LogP contribution in [0.3, 0.4) is 0 Å². The highest BCUT2D eigenvalue weighted by molar-refractivity contribution is 5.47. The highest BCUT2D eigenvalue weighted by Crippen LogP contribution is 2.26. The summed E-state index contributed by atoms with van der Waals surface area (Å²) in [6, 6.07) is 6.44. The Balaban J connectivity index is 1.49. The predicted octanol–water partition coefficient (Wildman–Crippen LogP) is 2.05. The van der Waals surface area contributed by atoms with Crippen molar-refractivity contribution in [1.29, 1.82) is 0 Å². The van der Waals surface area contributed by atoms with E-state index >= 15 is 0 Å². The molecule has 2 heterocycles. The second-order valence-electron chi connectivity index (χ2n) is 5.19. The average molecular weight is 300 g/mol. The third-order valence-corrected chi connectivity index (χ3v) is 3.63. The summed E-state index contributed by atoms with van der Waals surface area (Å²) in [7, 11) is 1.75. The van der Waals surface area contributed by atoms with Crippen molar-refractivity contribution < 1.29 is 9.47 Å². The van der Waals surface area contributed by atoms with Crippen LogP contribution in [-0.2, 0) is 12.8 Å². The van der Waals surface area contributed by atoms with Gasteiger partial charge in [0.1, 0.15) is 5.75 Å². The van der Waals surface area contributed by atoms with Gasteiger partial charge < -0.3 is 20.5 Å². The molecule has 0 atom stereocenters. The van der Waals surface area contributed by atoms with E-state index in [1.807, 2.05) is 0 Å². The molecule has 0 aliphatic carbocycles. The molecule has 1 aromatic heterocycles. The summed E-state index contributed by atoms with van der Waals surface area (Å²) in [6.45, 7) is 1.37. The molecule has 1 aliphatic heterocycles. The standard InChI is InChI=1S/C16H20N4O2/c1-18-16-19-10-14(15(17)20-16)21-7-2-3-11-4-5-12-6-8-22-13(12)9-11/h4-5,9-10H,2-3,6-8H2,1H3,(H3,17,18,19,20). The number of benzene rings is 1. The highest BCUT2D eigenvalue weighted by atomic mass is 16.5. The van der Waals surface area contributed by atoms with Gasteiger partial charge in [0.2, 0.25) is 5.95 Å². The fourth-order valence-electron chi connectivity index (χ4n) is 2.44. The van der Waals surface area contributed by atoms with E-state index in [-0.39, 0.29) is 0 Å². The molecule has 22 heavy (non-hydrogen) atoms. The maximum Gasteiger partial charge on any atom is 0.224 e. The number of fused-ring (bicyclic) bond motifs is 1. The topological polar surface area (TPSA) is 82.3 Å². The minimum atomic E-state index is 0.352. The molecule has 0 saturated heterocycles. The van der Waals surface area contributed by atoms with E-state index in [0.29, 0.717) is 24.1 Å². The molecule has 116 valence electrons. The number of hydrogen-bond acceptors (Lipinski definition) is 6. The predicted molar refractivity (Wildman–Crippen MR) is 85.4 cm³/mol. The Bertz CT molecular complexity index is 661. The van der Waals surface area contributed by atoms with Gasteiger partial charge in [0.25, 0.3) is 0 Å². The van der Waals surface area contributed by atoms with Gasteiger partial charge in [-0.3, -0.25) is 0 Å². The Morgan fingerprint density at radius 3 is 3.14 bits per heavy atom. The van der Waals surface area contributed by atoms with Gasteiger partial charge in [0.15, 0.2) is 11.6 Å². The molecule has 3 rings (SSSR count). The first kappa shape index (κ1) is 14.4. The highest BCUT2D eigenvalue weighted by Gasteiger charge is 2.11. The van der Waals surface area contributed by atoms with Crippen LogP contribution in [0.25, 0.3) is 0 Å². The van der Waals surface area contributed by atoms with Crippen LogP contribution in [0.5, 0.6) is 11.5 Å². The molecule has 0 bridgehead atoms. The van der Waals surface area contributed by atoms with Crippen molar-refractivity contribution in [2.75, 3.05) is 31.3 Å².